The molecule has 3 rings (SSSR count). The maximum absolute atomic E-state index is 12.7. The zero-order valence-electron chi connectivity index (χ0n) is 10.6. The van der Waals surface area contributed by atoms with Gasteiger partial charge in [-0.1, -0.05) is 33.6 Å². The fourth-order valence-electron chi connectivity index (χ4n) is 2.19. The highest BCUT2D eigenvalue weighted by Gasteiger charge is 2.10. The van der Waals surface area contributed by atoms with Crippen molar-refractivity contribution in [3.8, 4) is 5.69 Å². The molecule has 1 heterocycles. The minimum absolute atomic E-state index is 0.117. The van der Waals surface area contributed by atoms with Gasteiger partial charge in [0, 0.05) is 9.50 Å². The summed E-state index contributed by atoms with van der Waals surface area (Å²) in [7, 11) is 0. The van der Waals surface area contributed by atoms with Crippen LogP contribution in [0.25, 0.3) is 16.6 Å². The number of rotatable bonds is 1. The van der Waals surface area contributed by atoms with Crippen LogP contribution >= 0.6 is 27.5 Å². The molecule has 0 radical (unpaired) electrons. The van der Waals surface area contributed by atoms with Gasteiger partial charge in [0.15, 0.2) is 0 Å². The average molecular weight is 350 g/mol. The molecule has 2 aromatic carbocycles. The fraction of sp³-hybridized carbons (Fsp3) is 0.0667. The second kappa shape index (κ2) is 5.04. The molecule has 3 nitrogen and oxygen atoms in total. The molecule has 0 atom stereocenters. The molecule has 0 saturated carbocycles. The lowest BCUT2D eigenvalue weighted by Crippen LogP contribution is -2.22. The molecule has 20 heavy (non-hydrogen) atoms. The topological polar surface area (TPSA) is 34.9 Å². The molecule has 3 aromatic rings. The summed E-state index contributed by atoms with van der Waals surface area (Å²) in [5.74, 6) is 0.642. The number of benzene rings is 2. The lowest BCUT2D eigenvalue weighted by Gasteiger charge is -2.11. The Kier molecular flexibility index (Phi) is 3.36. The highest BCUT2D eigenvalue weighted by atomic mass is 79.9. The van der Waals surface area contributed by atoms with Crippen molar-refractivity contribution in [2.75, 3.05) is 0 Å². The van der Waals surface area contributed by atoms with Crippen LogP contribution in [0.15, 0.2) is 51.7 Å². The molecule has 5 heteroatoms. The number of halogens is 2. The summed E-state index contributed by atoms with van der Waals surface area (Å²) in [6.45, 7) is 1.82. The summed E-state index contributed by atoms with van der Waals surface area (Å²) in [4.78, 5) is 17.1. The highest BCUT2D eigenvalue weighted by molar-refractivity contribution is 9.10. The molecule has 0 unspecified atom stereocenters. The first-order valence-corrected chi connectivity index (χ1v) is 7.18. The zero-order valence-corrected chi connectivity index (χ0v) is 12.9. The third kappa shape index (κ3) is 2.25. The maximum atomic E-state index is 12.7. The first-order valence-electron chi connectivity index (χ1n) is 6.01. The Hall–Kier alpha value is -1.65. The Bertz CT molecular complexity index is 873. The van der Waals surface area contributed by atoms with Crippen LogP contribution in [-0.4, -0.2) is 9.55 Å². The van der Waals surface area contributed by atoms with Crippen molar-refractivity contribution in [3.63, 3.8) is 0 Å². The van der Waals surface area contributed by atoms with E-state index < -0.39 is 0 Å². The predicted molar refractivity (Wildman–Crippen MR) is 84.8 cm³/mol. The standard InChI is InChI=1S/C15H10BrClN2O/c1-9-18-14-6-5-11(17)8-13(14)15(20)19(9)12-4-2-3-10(16)7-12/h2-8H,1H3. The molecule has 0 amide bonds. The fourth-order valence-corrected chi connectivity index (χ4v) is 2.75. The molecule has 0 saturated heterocycles. The normalized spacial score (nSPS) is 10.9. The van der Waals surface area contributed by atoms with Gasteiger partial charge in [-0.25, -0.2) is 4.98 Å². The van der Waals surface area contributed by atoms with Crippen LogP contribution in [0.5, 0.6) is 0 Å². The lowest BCUT2D eigenvalue weighted by molar-refractivity contribution is 0.894. The molecule has 0 N–H and O–H groups in total. The smallest absolute Gasteiger partial charge is 0.266 e. The third-order valence-corrected chi connectivity index (χ3v) is 3.79. The van der Waals surface area contributed by atoms with E-state index >= 15 is 0 Å². The summed E-state index contributed by atoms with van der Waals surface area (Å²) in [6.07, 6.45) is 0. The summed E-state index contributed by atoms with van der Waals surface area (Å²) < 4.78 is 2.50. The van der Waals surface area contributed by atoms with Gasteiger partial charge in [-0.3, -0.25) is 9.36 Å². The monoisotopic (exact) mass is 348 g/mol. The van der Waals surface area contributed by atoms with Crippen molar-refractivity contribution in [1.29, 1.82) is 0 Å². The Morgan fingerprint density at radius 2 is 2.00 bits per heavy atom. The number of hydrogen-bond donors (Lipinski definition) is 0. The minimum Gasteiger partial charge on any atom is -0.268 e. The van der Waals surface area contributed by atoms with E-state index in [0.29, 0.717) is 21.7 Å². The van der Waals surface area contributed by atoms with E-state index in [-0.39, 0.29) is 5.56 Å². The molecule has 0 bridgehead atoms. The average Bonchev–Trinajstić information content (AvgIpc) is 2.40. The molecule has 0 fully saturated rings. The van der Waals surface area contributed by atoms with Crippen molar-refractivity contribution in [2.24, 2.45) is 0 Å². The summed E-state index contributed by atoms with van der Waals surface area (Å²) in [6, 6.07) is 12.7. The molecule has 0 spiro atoms. The first kappa shape index (κ1) is 13.3. The molecule has 0 aliphatic carbocycles. The van der Waals surface area contributed by atoms with E-state index in [9.17, 15) is 4.79 Å². The Morgan fingerprint density at radius 1 is 1.20 bits per heavy atom. The van der Waals surface area contributed by atoms with Crippen LogP contribution in [0.1, 0.15) is 5.82 Å². The van der Waals surface area contributed by atoms with Crippen LogP contribution < -0.4 is 5.56 Å². The van der Waals surface area contributed by atoms with E-state index in [1.165, 1.54) is 0 Å². The van der Waals surface area contributed by atoms with Crippen LogP contribution in [0.4, 0.5) is 0 Å². The second-order valence-electron chi connectivity index (χ2n) is 4.44. The Labute approximate surface area is 129 Å². The molecule has 0 aliphatic heterocycles. The summed E-state index contributed by atoms with van der Waals surface area (Å²) in [5, 5.41) is 1.05. The summed E-state index contributed by atoms with van der Waals surface area (Å²) in [5.41, 5.74) is 1.31. The van der Waals surface area contributed by atoms with Gasteiger partial charge in [-0.05, 0) is 43.3 Å². The van der Waals surface area contributed by atoms with Gasteiger partial charge in [-0.15, -0.1) is 0 Å². The van der Waals surface area contributed by atoms with Gasteiger partial charge in [0.1, 0.15) is 5.82 Å². The Morgan fingerprint density at radius 3 is 2.75 bits per heavy atom. The third-order valence-electron chi connectivity index (χ3n) is 3.06. The number of aromatic nitrogens is 2. The van der Waals surface area contributed by atoms with Crippen molar-refractivity contribution >= 4 is 38.4 Å². The molecular formula is C15H10BrClN2O. The van der Waals surface area contributed by atoms with E-state index in [1.54, 1.807) is 22.8 Å². The van der Waals surface area contributed by atoms with Crippen LogP contribution in [0, 0.1) is 6.92 Å². The van der Waals surface area contributed by atoms with Crippen LogP contribution in [0.2, 0.25) is 5.02 Å². The van der Waals surface area contributed by atoms with E-state index in [1.807, 2.05) is 31.2 Å². The van der Waals surface area contributed by atoms with E-state index in [2.05, 4.69) is 20.9 Å². The second-order valence-corrected chi connectivity index (χ2v) is 5.79. The molecule has 100 valence electrons. The number of nitrogens with zero attached hydrogens (tertiary/aromatic N) is 2. The number of hydrogen-bond acceptors (Lipinski definition) is 2. The first-order chi connectivity index (χ1) is 9.56. The minimum atomic E-state index is -0.117. The highest BCUT2D eigenvalue weighted by Crippen LogP contribution is 2.19. The molecule has 0 aliphatic rings. The Balaban J connectivity index is 2.39. The van der Waals surface area contributed by atoms with Gasteiger partial charge in [0.2, 0.25) is 0 Å². The van der Waals surface area contributed by atoms with Crippen molar-refractivity contribution < 1.29 is 0 Å². The van der Waals surface area contributed by atoms with Gasteiger partial charge < -0.3 is 0 Å². The quantitative estimate of drug-likeness (QED) is 0.662. The largest absolute Gasteiger partial charge is 0.268 e. The molecule has 1 aromatic heterocycles. The maximum Gasteiger partial charge on any atom is 0.266 e. The SMILES string of the molecule is Cc1nc2ccc(Cl)cc2c(=O)n1-c1cccc(Br)c1. The summed E-state index contributed by atoms with van der Waals surface area (Å²) >= 11 is 9.38. The van der Waals surface area contributed by atoms with E-state index in [4.69, 9.17) is 11.6 Å². The predicted octanol–water partition coefficient (Wildman–Crippen LogP) is 4.11. The lowest BCUT2D eigenvalue weighted by atomic mass is 10.2. The van der Waals surface area contributed by atoms with Crippen molar-refractivity contribution in [2.45, 2.75) is 6.92 Å². The number of aryl methyl sites for hydroxylation is 1. The molecular weight excluding hydrogens is 340 g/mol. The van der Waals surface area contributed by atoms with Gasteiger partial charge in [0.25, 0.3) is 5.56 Å². The van der Waals surface area contributed by atoms with Crippen LogP contribution in [0.3, 0.4) is 0 Å². The zero-order chi connectivity index (χ0) is 14.3. The number of fused-ring (bicyclic) bond motifs is 1. The van der Waals surface area contributed by atoms with Crippen molar-refractivity contribution in [1.82, 2.24) is 9.55 Å². The van der Waals surface area contributed by atoms with Gasteiger partial charge >= 0.3 is 0 Å². The van der Waals surface area contributed by atoms with E-state index in [0.717, 1.165) is 10.2 Å². The van der Waals surface area contributed by atoms with Crippen LogP contribution in [-0.2, 0) is 0 Å². The van der Waals surface area contributed by atoms with Gasteiger partial charge in [0.05, 0.1) is 16.6 Å². The van der Waals surface area contributed by atoms with Crippen molar-refractivity contribution in [3.05, 3.63) is 68.1 Å². The van der Waals surface area contributed by atoms with Gasteiger partial charge in [-0.2, -0.15) is 0 Å².